The van der Waals surface area contributed by atoms with E-state index in [2.05, 4.69) is 0 Å². The van der Waals surface area contributed by atoms with Crippen molar-refractivity contribution in [2.75, 3.05) is 6.26 Å². The lowest BCUT2D eigenvalue weighted by Crippen LogP contribution is -2.14. The summed E-state index contributed by atoms with van der Waals surface area (Å²) in [6, 6.07) is 13.1. The van der Waals surface area contributed by atoms with Crippen molar-refractivity contribution in [2.45, 2.75) is 11.5 Å². The minimum absolute atomic E-state index is 0.0102. The second-order valence-electron chi connectivity index (χ2n) is 4.17. The first-order valence-corrected chi connectivity index (χ1v) is 7.60. The van der Waals surface area contributed by atoms with Crippen LogP contribution in [0.3, 0.4) is 0 Å². The van der Waals surface area contributed by atoms with Crippen LogP contribution in [0.4, 0.5) is 0 Å². The molecule has 0 aliphatic rings. The highest BCUT2D eigenvalue weighted by Crippen LogP contribution is 2.29. The lowest BCUT2D eigenvalue weighted by atomic mass is 10.2. The van der Waals surface area contributed by atoms with E-state index in [1.54, 1.807) is 11.8 Å². The molecule has 0 spiro atoms. The van der Waals surface area contributed by atoms with Crippen LogP contribution in [0.1, 0.15) is 11.1 Å². The van der Waals surface area contributed by atoms with Crippen LogP contribution in [0.2, 0.25) is 5.02 Å². The van der Waals surface area contributed by atoms with Crippen LogP contribution in [0.25, 0.3) is 0 Å². The smallest absolute Gasteiger partial charge is 0.131 e. The maximum absolute atomic E-state index is 7.70. The number of rotatable bonds is 5. The highest BCUT2D eigenvalue weighted by molar-refractivity contribution is 7.98. The van der Waals surface area contributed by atoms with Gasteiger partial charge in [-0.1, -0.05) is 29.8 Å². The van der Waals surface area contributed by atoms with E-state index in [0.29, 0.717) is 22.9 Å². The number of thioether (sulfide) groups is 1. The molecule has 0 unspecified atom stereocenters. The van der Waals surface area contributed by atoms with Crippen molar-refractivity contribution in [3.8, 4) is 5.75 Å². The minimum atomic E-state index is 0.0102. The first-order valence-electron chi connectivity index (χ1n) is 6.00. The van der Waals surface area contributed by atoms with Crippen molar-refractivity contribution in [3.63, 3.8) is 0 Å². The van der Waals surface area contributed by atoms with Gasteiger partial charge in [0.25, 0.3) is 0 Å². The molecule has 2 aromatic rings. The summed E-state index contributed by atoms with van der Waals surface area (Å²) in [6.45, 7) is 0.388. The number of nitrogens with two attached hydrogens (primary N) is 1. The molecule has 0 saturated heterocycles. The van der Waals surface area contributed by atoms with Crippen molar-refractivity contribution in [2.24, 2.45) is 5.73 Å². The summed E-state index contributed by atoms with van der Waals surface area (Å²) in [5, 5.41) is 8.38. The molecule has 0 bridgehead atoms. The fourth-order valence-electron chi connectivity index (χ4n) is 1.85. The predicted molar refractivity (Wildman–Crippen MR) is 85.0 cm³/mol. The van der Waals surface area contributed by atoms with E-state index in [1.165, 1.54) is 0 Å². The normalized spacial score (nSPS) is 10.3. The largest absolute Gasteiger partial charge is 0.488 e. The van der Waals surface area contributed by atoms with Crippen molar-refractivity contribution < 1.29 is 4.74 Å². The van der Waals surface area contributed by atoms with Gasteiger partial charge in [-0.3, -0.25) is 5.41 Å². The molecule has 0 aliphatic heterocycles. The Hall–Kier alpha value is -1.65. The van der Waals surface area contributed by atoms with Gasteiger partial charge < -0.3 is 10.5 Å². The number of ether oxygens (including phenoxy) is 1. The summed E-state index contributed by atoms with van der Waals surface area (Å²) in [4.78, 5) is 0.932. The molecular formula is C15H15ClN2OS. The molecule has 3 N–H and O–H groups in total. The van der Waals surface area contributed by atoms with Gasteiger partial charge in [0.15, 0.2) is 0 Å². The molecule has 104 valence electrons. The molecular weight excluding hydrogens is 292 g/mol. The molecule has 0 atom stereocenters. The van der Waals surface area contributed by atoms with E-state index in [-0.39, 0.29) is 5.84 Å². The Kier molecular flexibility index (Phi) is 4.93. The van der Waals surface area contributed by atoms with Gasteiger partial charge in [0.05, 0.1) is 5.56 Å². The number of amidine groups is 1. The van der Waals surface area contributed by atoms with Crippen LogP contribution in [-0.2, 0) is 6.61 Å². The van der Waals surface area contributed by atoms with E-state index < -0.39 is 0 Å². The molecule has 0 radical (unpaired) electrons. The van der Waals surface area contributed by atoms with E-state index in [0.717, 1.165) is 10.5 Å². The molecule has 20 heavy (non-hydrogen) atoms. The van der Waals surface area contributed by atoms with Crippen LogP contribution >= 0.6 is 23.4 Å². The molecule has 5 heteroatoms. The predicted octanol–water partition coefficient (Wildman–Crippen LogP) is 3.92. The minimum Gasteiger partial charge on any atom is -0.488 e. The molecule has 0 aliphatic carbocycles. The molecule has 0 amide bonds. The standard InChI is InChI=1S/C15H15ClN2OS/c1-20-13-7-3-6-12(14(13)15(17)18)19-9-10-4-2-5-11(16)8-10/h2-8H,9H2,1H3,(H3,17,18). The molecule has 3 nitrogen and oxygen atoms in total. The van der Waals surface area contributed by atoms with Gasteiger partial charge in [-0.2, -0.15) is 0 Å². The Morgan fingerprint density at radius 1 is 1.30 bits per heavy atom. The summed E-state index contributed by atoms with van der Waals surface area (Å²) in [5.74, 6) is 0.625. The second kappa shape index (κ2) is 6.68. The number of halogens is 1. The summed E-state index contributed by atoms with van der Waals surface area (Å²) in [7, 11) is 0. The van der Waals surface area contributed by atoms with Crippen molar-refractivity contribution in [3.05, 3.63) is 58.6 Å². The molecule has 0 aromatic heterocycles. The quantitative estimate of drug-likeness (QED) is 0.500. The first kappa shape index (κ1) is 14.8. The molecule has 0 heterocycles. The van der Waals surface area contributed by atoms with E-state index in [9.17, 15) is 0 Å². The Bertz CT molecular complexity index is 631. The Morgan fingerprint density at radius 2 is 2.05 bits per heavy atom. The number of benzene rings is 2. The second-order valence-corrected chi connectivity index (χ2v) is 5.45. The fourth-order valence-corrected chi connectivity index (χ4v) is 2.70. The van der Waals surface area contributed by atoms with Crippen molar-refractivity contribution >= 4 is 29.2 Å². The summed E-state index contributed by atoms with van der Waals surface area (Å²) in [5.41, 5.74) is 7.27. The average molecular weight is 307 g/mol. The topological polar surface area (TPSA) is 59.1 Å². The lowest BCUT2D eigenvalue weighted by Gasteiger charge is -2.13. The summed E-state index contributed by atoms with van der Waals surface area (Å²) < 4.78 is 5.79. The van der Waals surface area contributed by atoms with E-state index >= 15 is 0 Å². The number of hydrogen-bond donors (Lipinski definition) is 2. The van der Waals surface area contributed by atoms with Gasteiger partial charge in [-0.05, 0) is 36.1 Å². The zero-order valence-electron chi connectivity index (χ0n) is 11.0. The van der Waals surface area contributed by atoms with Gasteiger partial charge in [0, 0.05) is 9.92 Å². The van der Waals surface area contributed by atoms with Crippen molar-refractivity contribution in [1.82, 2.24) is 0 Å². The zero-order valence-corrected chi connectivity index (χ0v) is 12.6. The van der Waals surface area contributed by atoms with E-state index in [4.69, 9.17) is 27.5 Å². The Balaban J connectivity index is 2.23. The van der Waals surface area contributed by atoms with Gasteiger partial charge in [0.2, 0.25) is 0 Å². The third-order valence-electron chi connectivity index (χ3n) is 2.76. The van der Waals surface area contributed by atoms with E-state index in [1.807, 2.05) is 48.7 Å². The van der Waals surface area contributed by atoms with Gasteiger partial charge in [0.1, 0.15) is 18.2 Å². The average Bonchev–Trinajstić information content (AvgIpc) is 2.44. The molecule has 0 saturated carbocycles. The maximum atomic E-state index is 7.70. The Labute approximate surface area is 127 Å². The number of nitrogens with one attached hydrogen (secondary N) is 1. The molecule has 2 rings (SSSR count). The van der Waals surface area contributed by atoms with Crippen molar-refractivity contribution in [1.29, 1.82) is 5.41 Å². The monoisotopic (exact) mass is 306 g/mol. The SMILES string of the molecule is CSc1cccc(OCc2cccc(Cl)c2)c1C(=N)N. The summed E-state index contributed by atoms with van der Waals surface area (Å²) >= 11 is 7.48. The third kappa shape index (κ3) is 3.46. The highest BCUT2D eigenvalue weighted by atomic mass is 35.5. The fraction of sp³-hybridized carbons (Fsp3) is 0.133. The van der Waals surface area contributed by atoms with Gasteiger partial charge in [-0.15, -0.1) is 11.8 Å². The lowest BCUT2D eigenvalue weighted by molar-refractivity contribution is 0.305. The van der Waals surface area contributed by atoms with Crippen LogP contribution in [0, 0.1) is 5.41 Å². The van der Waals surface area contributed by atoms with Crippen LogP contribution in [-0.4, -0.2) is 12.1 Å². The van der Waals surface area contributed by atoms with Gasteiger partial charge >= 0.3 is 0 Å². The van der Waals surface area contributed by atoms with Crippen LogP contribution < -0.4 is 10.5 Å². The third-order valence-corrected chi connectivity index (χ3v) is 3.78. The highest BCUT2D eigenvalue weighted by Gasteiger charge is 2.12. The number of hydrogen-bond acceptors (Lipinski definition) is 3. The van der Waals surface area contributed by atoms with Gasteiger partial charge in [-0.25, -0.2) is 0 Å². The van der Waals surface area contributed by atoms with Crippen LogP contribution in [0.15, 0.2) is 47.4 Å². The van der Waals surface area contributed by atoms with Crippen LogP contribution in [0.5, 0.6) is 5.75 Å². The zero-order chi connectivity index (χ0) is 14.5. The molecule has 0 fully saturated rings. The first-order chi connectivity index (χ1) is 9.61. The maximum Gasteiger partial charge on any atom is 0.131 e. The Morgan fingerprint density at radius 3 is 2.70 bits per heavy atom. The number of nitrogen functional groups attached to an aromatic ring is 1. The summed E-state index contributed by atoms with van der Waals surface area (Å²) in [6.07, 6.45) is 1.95. The molecule has 2 aromatic carbocycles.